The Labute approximate surface area is 88.5 Å². The first-order valence-corrected chi connectivity index (χ1v) is 5.22. The van der Waals surface area contributed by atoms with Gasteiger partial charge in [-0.15, -0.1) is 0 Å². The topological polar surface area (TPSA) is 69.9 Å². The van der Waals surface area contributed by atoms with Gasteiger partial charge in [-0.05, 0) is 19.8 Å². The van der Waals surface area contributed by atoms with E-state index in [4.69, 9.17) is 5.84 Å². The second-order valence-electron chi connectivity index (χ2n) is 4.04. The molecule has 6 nitrogen and oxygen atoms in total. The van der Waals surface area contributed by atoms with Crippen LogP contribution in [-0.2, 0) is 4.79 Å². The molecule has 2 aliphatic rings. The van der Waals surface area contributed by atoms with Crippen LogP contribution in [0.5, 0.6) is 0 Å². The quantitative estimate of drug-likeness (QED) is 0.473. The number of carbonyl (C=O) groups excluding carboxylic acids is 2. The number of rotatable bonds is 1. The molecule has 2 rings (SSSR count). The Morgan fingerprint density at radius 3 is 2.80 bits per heavy atom. The molecule has 2 fully saturated rings. The molecule has 0 radical (unpaired) electrons. The van der Waals surface area contributed by atoms with Gasteiger partial charge in [-0.3, -0.25) is 9.80 Å². The van der Waals surface area contributed by atoms with Crippen LogP contribution in [-0.4, -0.2) is 52.5 Å². The Morgan fingerprint density at radius 1 is 1.40 bits per heavy atom. The molecule has 1 atom stereocenters. The van der Waals surface area contributed by atoms with Gasteiger partial charge in [0, 0.05) is 13.1 Å². The molecule has 2 saturated heterocycles. The number of hydrogen-bond donors (Lipinski definition) is 1. The fraction of sp³-hybridized carbons (Fsp3) is 0.778. The molecule has 0 saturated carbocycles. The Kier molecular flexibility index (Phi) is 2.62. The first-order valence-electron chi connectivity index (χ1n) is 5.22. The maximum Gasteiger partial charge on any atom is 0.349 e. The number of nitrogens with two attached hydrogens (primary N) is 1. The number of fused-ring (bicyclic) bond motifs is 1. The van der Waals surface area contributed by atoms with Gasteiger partial charge in [-0.2, -0.15) is 0 Å². The zero-order valence-corrected chi connectivity index (χ0v) is 8.85. The normalized spacial score (nSPS) is 27.9. The van der Waals surface area contributed by atoms with E-state index in [1.165, 1.54) is 16.9 Å². The van der Waals surface area contributed by atoms with Crippen LogP contribution < -0.4 is 5.84 Å². The summed E-state index contributed by atoms with van der Waals surface area (Å²) in [5.41, 5.74) is 0. The van der Waals surface area contributed by atoms with Crippen LogP contribution in [0.2, 0.25) is 0 Å². The van der Waals surface area contributed by atoms with E-state index in [1.807, 2.05) is 5.01 Å². The van der Waals surface area contributed by atoms with Crippen LogP contribution in [0.1, 0.15) is 19.8 Å². The van der Waals surface area contributed by atoms with E-state index in [2.05, 4.69) is 0 Å². The van der Waals surface area contributed by atoms with Crippen molar-refractivity contribution in [1.29, 1.82) is 0 Å². The van der Waals surface area contributed by atoms with Gasteiger partial charge >= 0.3 is 6.03 Å². The van der Waals surface area contributed by atoms with Gasteiger partial charge in [0.1, 0.15) is 6.04 Å². The van der Waals surface area contributed by atoms with Gasteiger partial charge in [-0.25, -0.2) is 20.7 Å². The van der Waals surface area contributed by atoms with Crippen LogP contribution in [0.25, 0.3) is 0 Å². The van der Waals surface area contributed by atoms with Crippen molar-refractivity contribution >= 4 is 11.8 Å². The van der Waals surface area contributed by atoms with Gasteiger partial charge < -0.3 is 0 Å². The summed E-state index contributed by atoms with van der Waals surface area (Å²) in [6.07, 6.45) is 1.70. The zero-order valence-electron chi connectivity index (χ0n) is 8.85. The highest BCUT2D eigenvalue weighted by atomic mass is 16.2. The van der Waals surface area contributed by atoms with Crippen LogP contribution in [0.3, 0.4) is 0 Å². The number of urea groups is 1. The molecule has 84 valence electrons. The molecule has 2 heterocycles. The van der Waals surface area contributed by atoms with Crippen molar-refractivity contribution in [3.05, 3.63) is 0 Å². The molecular weight excluding hydrogens is 196 g/mol. The zero-order chi connectivity index (χ0) is 11.0. The maximum atomic E-state index is 11.8. The minimum absolute atomic E-state index is 0.0309. The van der Waals surface area contributed by atoms with Gasteiger partial charge in [-0.1, -0.05) is 0 Å². The van der Waals surface area contributed by atoms with Crippen molar-refractivity contribution in [2.24, 2.45) is 5.84 Å². The lowest BCUT2D eigenvalue weighted by Gasteiger charge is -2.47. The first kappa shape index (κ1) is 10.4. The van der Waals surface area contributed by atoms with Crippen LogP contribution in [0.4, 0.5) is 4.79 Å². The number of hydrogen-bond acceptors (Lipinski definition) is 4. The minimum Gasteiger partial charge on any atom is -0.298 e. The van der Waals surface area contributed by atoms with E-state index in [-0.39, 0.29) is 17.9 Å². The smallest absolute Gasteiger partial charge is 0.298 e. The fourth-order valence-electron chi connectivity index (χ4n) is 2.19. The van der Waals surface area contributed by atoms with Crippen molar-refractivity contribution < 1.29 is 9.59 Å². The molecule has 0 aromatic heterocycles. The van der Waals surface area contributed by atoms with Crippen LogP contribution in [0, 0.1) is 0 Å². The maximum absolute atomic E-state index is 11.8. The summed E-state index contributed by atoms with van der Waals surface area (Å²) < 4.78 is 0. The summed E-state index contributed by atoms with van der Waals surface area (Å²) in [5, 5.41) is 4.63. The molecule has 0 aromatic rings. The Hall–Kier alpha value is -1.14. The number of hydrazine groups is 2. The lowest BCUT2D eigenvalue weighted by atomic mass is 10.0. The summed E-state index contributed by atoms with van der Waals surface area (Å²) in [5.74, 6) is 5.58. The largest absolute Gasteiger partial charge is 0.349 e. The summed E-state index contributed by atoms with van der Waals surface area (Å²) in [7, 11) is 0. The first-order chi connectivity index (χ1) is 7.11. The van der Waals surface area contributed by atoms with E-state index < -0.39 is 0 Å². The van der Waals surface area contributed by atoms with Gasteiger partial charge in [0.15, 0.2) is 5.78 Å². The number of amides is 2. The molecule has 0 aliphatic carbocycles. The van der Waals surface area contributed by atoms with E-state index in [9.17, 15) is 9.59 Å². The average molecular weight is 212 g/mol. The van der Waals surface area contributed by atoms with Crippen molar-refractivity contribution in [2.45, 2.75) is 25.8 Å². The van der Waals surface area contributed by atoms with E-state index >= 15 is 0 Å². The SMILES string of the molecule is CC(=O)C1CCCN2CCN(N)C(=O)N12. The molecule has 0 spiro atoms. The minimum atomic E-state index is -0.322. The monoisotopic (exact) mass is 212 g/mol. The summed E-state index contributed by atoms with van der Waals surface area (Å²) in [6.45, 7) is 3.60. The Bertz CT molecular complexity index is 294. The average Bonchev–Trinajstić information content (AvgIpc) is 2.23. The third-order valence-corrected chi connectivity index (χ3v) is 3.00. The van der Waals surface area contributed by atoms with Crippen LogP contribution >= 0.6 is 0 Å². The van der Waals surface area contributed by atoms with E-state index in [0.717, 1.165) is 19.4 Å². The van der Waals surface area contributed by atoms with Crippen molar-refractivity contribution in [3.63, 3.8) is 0 Å². The highest BCUT2D eigenvalue weighted by Gasteiger charge is 2.39. The third kappa shape index (κ3) is 1.70. The van der Waals surface area contributed by atoms with Gasteiger partial charge in [0.05, 0.1) is 6.54 Å². The second kappa shape index (κ2) is 3.79. The molecule has 15 heavy (non-hydrogen) atoms. The molecule has 0 bridgehead atoms. The van der Waals surface area contributed by atoms with Crippen LogP contribution in [0.15, 0.2) is 0 Å². The number of ketones is 1. The lowest BCUT2D eigenvalue weighted by molar-refractivity contribution is -0.136. The van der Waals surface area contributed by atoms with Crippen molar-refractivity contribution in [3.8, 4) is 0 Å². The second-order valence-corrected chi connectivity index (χ2v) is 4.04. The predicted molar refractivity (Wildman–Crippen MR) is 53.4 cm³/mol. The molecule has 6 heteroatoms. The Balaban J connectivity index is 2.21. The predicted octanol–water partition coefficient (Wildman–Crippen LogP) is -0.434. The third-order valence-electron chi connectivity index (χ3n) is 3.00. The van der Waals surface area contributed by atoms with Crippen molar-refractivity contribution in [2.75, 3.05) is 19.6 Å². The summed E-state index contributed by atoms with van der Waals surface area (Å²) in [4.78, 5) is 23.2. The molecule has 0 aromatic carbocycles. The van der Waals surface area contributed by atoms with Crippen molar-refractivity contribution in [1.82, 2.24) is 15.0 Å². The van der Waals surface area contributed by atoms with E-state index in [1.54, 1.807) is 0 Å². The molecule has 2 N–H and O–H groups in total. The number of carbonyl (C=O) groups is 2. The standard InChI is InChI=1S/C9H16N4O2/c1-7(14)8-3-2-4-11-5-6-12(10)9(15)13(8)11/h8H,2-6,10H2,1H3. The summed E-state index contributed by atoms with van der Waals surface area (Å²) in [6, 6.07) is -0.584. The number of nitrogens with zero attached hydrogens (tertiary/aromatic N) is 3. The highest BCUT2D eigenvalue weighted by molar-refractivity contribution is 5.86. The molecule has 2 aliphatic heterocycles. The highest BCUT2D eigenvalue weighted by Crippen LogP contribution is 2.22. The number of Topliss-reactive ketones (excluding diaryl/α,β-unsaturated/α-hetero) is 1. The fourth-order valence-corrected chi connectivity index (χ4v) is 2.19. The lowest BCUT2D eigenvalue weighted by Crippen LogP contribution is -2.67. The van der Waals surface area contributed by atoms with E-state index in [0.29, 0.717) is 13.1 Å². The molecular formula is C9H16N4O2. The Morgan fingerprint density at radius 2 is 2.13 bits per heavy atom. The molecule has 1 unspecified atom stereocenters. The van der Waals surface area contributed by atoms with Gasteiger partial charge in [0.2, 0.25) is 0 Å². The molecule has 2 amide bonds. The van der Waals surface area contributed by atoms with Gasteiger partial charge in [0.25, 0.3) is 0 Å². The summed E-state index contributed by atoms with van der Waals surface area (Å²) >= 11 is 0.